The number of hydrogen-bond donors (Lipinski definition) is 2. The first-order valence-corrected chi connectivity index (χ1v) is 9.52. The zero-order chi connectivity index (χ0) is 18.1. The summed E-state index contributed by atoms with van der Waals surface area (Å²) in [5.74, 6) is 0.476. The van der Waals surface area contributed by atoms with Crippen molar-refractivity contribution in [2.75, 3.05) is 11.9 Å². The predicted molar refractivity (Wildman–Crippen MR) is 104 cm³/mol. The second-order valence-electron chi connectivity index (χ2n) is 5.34. The molecule has 0 unspecified atom stereocenters. The third kappa shape index (κ3) is 6.39. The van der Waals surface area contributed by atoms with E-state index in [-0.39, 0.29) is 11.0 Å². The highest BCUT2D eigenvalue weighted by Crippen LogP contribution is 2.15. The highest BCUT2D eigenvalue weighted by atomic mass is 32.1. The number of rotatable bonds is 8. The van der Waals surface area contributed by atoms with E-state index in [2.05, 4.69) is 27.8 Å². The van der Waals surface area contributed by atoms with Gasteiger partial charge in [-0.15, -0.1) is 10.2 Å². The molecule has 0 spiro atoms. The minimum Gasteiger partial charge on any atom is -0.494 e. The van der Waals surface area contributed by atoms with Crippen LogP contribution in [0.3, 0.4) is 0 Å². The van der Waals surface area contributed by atoms with E-state index >= 15 is 0 Å². The normalized spacial score (nSPS) is 10.3. The second-order valence-corrected chi connectivity index (χ2v) is 6.81. The summed E-state index contributed by atoms with van der Waals surface area (Å²) in [6.45, 7) is 4.84. The highest BCUT2D eigenvalue weighted by Gasteiger charge is 2.10. The molecule has 1 aromatic heterocycles. The van der Waals surface area contributed by atoms with Crippen LogP contribution in [0, 0.1) is 0 Å². The van der Waals surface area contributed by atoms with E-state index in [1.165, 1.54) is 11.3 Å². The summed E-state index contributed by atoms with van der Waals surface area (Å²) in [6, 6.07) is 7.01. The maximum atomic E-state index is 12.2. The van der Waals surface area contributed by atoms with Crippen molar-refractivity contribution in [2.45, 2.75) is 39.5 Å². The van der Waals surface area contributed by atoms with Crippen molar-refractivity contribution >= 4 is 39.7 Å². The van der Waals surface area contributed by atoms with E-state index in [0.29, 0.717) is 17.3 Å². The summed E-state index contributed by atoms with van der Waals surface area (Å²) in [5.41, 5.74) is 0.511. The summed E-state index contributed by atoms with van der Waals surface area (Å²) in [4.78, 5) is 12.2. The standard InChI is InChI=1S/C17H22N4O2S2/c1-3-5-6-11-23-13-9-7-12(8-10-13)15(22)18-16(24)19-17-21-20-14(4-2)25-17/h7-10H,3-6,11H2,1-2H3,(H2,18,19,21,22,24). The van der Waals surface area contributed by atoms with Crippen LogP contribution in [-0.2, 0) is 6.42 Å². The van der Waals surface area contributed by atoms with Crippen LogP contribution in [0.4, 0.5) is 5.13 Å². The smallest absolute Gasteiger partial charge is 0.257 e. The predicted octanol–water partition coefficient (Wildman–Crippen LogP) is 3.80. The Morgan fingerprint density at radius 1 is 1.20 bits per heavy atom. The Morgan fingerprint density at radius 2 is 1.96 bits per heavy atom. The molecule has 2 N–H and O–H groups in total. The molecule has 25 heavy (non-hydrogen) atoms. The first-order chi connectivity index (χ1) is 12.1. The van der Waals surface area contributed by atoms with Crippen molar-refractivity contribution in [1.29, 1.82) is 0 Å². The number of aryl methyl sites for hydroxylation is 1. The van der Waals surface area contributed by atoms with Gasteiger partial charge in [-0.1, -0.05) is 38.0 Å². The van der Waals surface area contributed by atoms with Crippen molar-refractivity contribution < 1.29 is 9.53 Å². The maximum Gasteiger partial charge on any atom is 0.257 e. The molecule has 0 aliphatic heterocycles. The Morgan fingerprint density at radius 3 is 2.60 bits per heavy atom. The highest BCUT2D eigenvalue weighted by molar-refractivity contribution is 7.80. The van der Waals surface area contributed by atoms with Gasteiger partial charge < -0.3 is 10.1 Å². The molecule has 1 heterocycles. The molecule has 134 valence electrons. The number of aromatic nitrogens is 2. The van der Waals surface area contributed by atoms with E-state index < -0.39 is 0 Å². The van der Waals surface area contributed by atoms with Crippen LogP contribution >= 0.6 is 23.6 Å². The van der Waals surface area contributed by atoms with Crippen molar-refractivity contribution in [1.82, 2.24) is 15.5 Å². The number of carbonyl (C=O) groups is 1. The Kier molecular flexibility index (Phi) is 7.75. The van der Waals surface area contributed by atoms with Gasteiger partial charge in [0, 0.05) is 5.56 Å². The minimum absolute atomic E-state index is 0.198. The van der Waals surface area contributed by atoms with E-state index in [0.717, 1.165) is 36.4 Å². The van der Waals surface area contributed by atoms with Gasteiger partial charge in [-0.05, 0) is 49.3 Å². The number of carbonyl (C=O) groups excluding carboxylic acids is 1. The lowest BCUT2D eigenvalue weighted by atomic mass is 10.2. The molecule has 0 saturated carbocycles. The largest absolute Gasteiger partial charge is 0.494 e. The van der Waals surface area contributed by atoms with Crippen LogP contribution < -0.4 is 15.4 Å². The van der Waals surface area contributed by atoms with Gasteiger partial charge in [0.25, 0.3) is 5.91 Å². The molecule has 0 aliphatic carbocycles. The summed E-state index contributed by atoms with van der Waals surface area (Å²) in [7, 11) is 0. The average molecular weight is 379 g/mol. The van der Waals surface area contributed by atoms with Crippen LogP contribution in [0.2, 0.25) is 0 Å². The van der Waals surface area contributed by atoms with Crippen molar-refractivity contribution in [3.05, 3.63) is 34.8 Å². The number of nitrogens with one attached hydrogen (secondary N) is 2. The summed E-state index contributed by atoms with van der Waals surface area (Å²) in [6.07, 6.45) is 4.15. The third-order valence-corrected chi connectivity index (χ3v) is 4.54. The summed E-state index contributed by atoms with van der Waals surface area (Å²) < 4.78 is 5.63. The molecule has 0 aliphatic rings. The Labute approximate surface area is 157 Å². The van der Waals surface area contributed by atoms with Gasteiger partial charge in [0.15, 0.2) is 5.11 Å². The van der Waals surface area contributed by atoms with Crippen LogP contribution in [0.25, 0.3) is 0 Å². The first kappa shape index (κ1) is 19.3. The number of amides is 1. The fourth-order valence-corrected chi connectivity index (χ4v) is 2.93. The molecule has 1 aromatic carbocycles. The second kappa shape index (κ2) is 10.0. The lowest BCUT2D eigenvalue weighted by Crippen LogP contribution is -2.34. The number of nitrogens with zero attached hydrogens (tertiary/aromatic N) is 2. The van der Waals surface area contributed by atoms with E-state index in [4.69, 9.17) is 17.0 Å². The van der Waals surface area contributed by atoms with Gasteiger partial charge in [0.1, 0.15) is 10.8 Å². The lowest BCUT2D eigenvalue weighted by Gasteiger charge is -2.08. The SMILES string of the molecule is CCCCCOc1ccc(C(=O)NC(=S)Nc2nnc(CC)s2)cc1. The fraction of sp³-hybridized carbons (Fsp3) is 0.412. The van der Waals surface area contributed by atoms with Crippen LogP contribution in [0.5, 0.6) is 5.75 Å². The van der Waals surface area contributed by atoms with Crippen molar-refractivity contribution in [3.8, 4) is 5.75 Å². The monoisotopic (exact) mass is 378 g/mol. The van der Waals surface area contributed by atoms with Crippen LogP contribution in [0.1, 0.15) is 48.5 Å². The zero-order valence-electron chi connectivity index (χ0n) is 14.4. The number of ether oxygens (including phenoxy) is 1. The van der Waals surface area contributed by atoms with Crippen molar-refractivity contribution in [2.24, 2.45) is 0 Å². The molecule has 1 amide bonds. The number of thiocarbonyl (C=S) groups is 1. The average Bonchev–Trinajstić information content (AvgIpc) is 3.06. The van der Waals surface area contributed by atoms with Gasteiger partial charge in [0.05, 0.1) is 6.61 Å². The zero-order valence-corrected chi connectivity index (χ0v) is 16.0. The molecule has 0 radical (unpaired) electrons. The molecule has 0 fully saturated rings. The molecule has 6 nitrogen and oxygen atoms in total. The van der Waals surface area contributed by atoms with Gasteiger partial charge in [-0.2, -0.15) is 0 Å². The van der Waals surface area contributed by atoms with Gasteiger partial charge in [-0.25, -0.2) is 0 Å². The van der Waals surface area contributed by atoms with E-state index in [1.807, 2.05) is 6.92 Å². The minimum atomic E-state index is -0.282. The molecule has 8 heteroatoms. The van der Waals surface area contributed by atoms with Crippen LogP contribution in [-0.4, -0.2) is 27.8 Å². The molecular weight excluding hydrogens is 356 g/mol. The van der Waals surface area contributed by atoms with E-state index in [9.17, 15) is 4.79 Å². The van der Waals surface area contributed by atoms with Crippen LogP contribution in [0.15, 0.2) is 24.3 Å². The van der Waals surface area contributed by atoms with Crippen molar-refractivity contribution in [3.63, 3.8) is 0 Å². The fourth-order valence-electron chi connectivity index (χ4n) is 2.00. The maximum absolute atomic E-state index is 12.2. The summed E-state index contributed by atoms with van der Waals surface area (Å²) in [5, 5.41) is 15.1. The van der Waals surface area contributed by atoms with E-state index in [1.54, 1.807) is 24.3 Å². The number of anilines is 1. The van der Waals surface area contributed by atoms with Gasteiger partial charge >= 0.3 is 0 Å². The van der Waals surface area contributed by atoms with Gasteiger partial charge in [-0.3, -0.25) is 10.1 Å². The molecule has 0 saturated heterocycles. The number of benzene rings is 1. The molecule has 0 bridgehead atoms. The quantitative estimate of drug-likeness (QED) is 0.537. The molecule has 0 atom stereocenters. The lowest BCUT2D eigenvalue weighted by molar-refractivity contribution is 0.0977. The first-order valence-electron chi connectivity index (χ1n) is 8.30. The number of hydrogen-bond acceptors (Lipinski definition) is 6. The summed E-state index contributed by atoms with van der Waals surface area (Å²) >= 11 is 6.55. The Bertz CT molecular complexity index is 701. The Balaban J connectivity index is 1.82. The molecular formula is C17H22N4O2S2. The third-order valence-electron chi connectivity index (χ3n) is 3.35. The number of unbranched alkanes of at least 4 members (excludes halogenated alkanes) is 2. The van der Waals surface area contributed by atoms with Gasteiger partial charge in [0.2, 0.25) is 5.13 Å². The topological polar surface area (TPSA) is 76.1 Å². The molecule has 2 aromatic rings. The Hall–Kier alpha value is -2.06. The molecule has 2 rings (SSSR count).